The standard InChI is InChI=1S/C21H19FN4O3/c1-12-20-17(13-2-8-16(9-3-13)29-11-18(23)27)10-19(28)24-21(20)26(25-12)15-6-4-14(22)5-7-15/h2-9,17H,10-11H2,1H3,(H2,23,27)(H,24,28)/t17-/m1/s1. The highest BCUT2D eigenvalue weighted by Crippen LogP contribution is 2.40. The Morgan fingerprint density at radius 3 is 2.59 bits per heavy atom. The number of aryl methyl sites for hydroxylation is 1. The van der Waals surface area contributed by atoms with Crippen LogP contribution in [0.15, 0.2) is 48.5 Å². The number of halogens is 1. The van der Waals surface area contributed by atoms with E-state index >= 15 is 0 Å². The molecule has 3 N–H and O–H groups in total. The number of amides is 2. The van der Waals surface area contributed by atoms with Crippen LogP contribution >= 0.6 is 0 Å². The van der Waals surface area contributed by atoms with Crippen molar-refractivity contribution in [3.05, 3.63) is 71.2 Å². The number of nitrogens with zero attached hydrogens (tertiary/aromatic N) is 2. The Morgan fingerprint density at radius 1 is 1.24 bits per heavy atom. The number of benzene rings is 2. The molecule has 2 aromatic carbocycles. The molecule has 2 amide bonds. The molecule has 1 atom stereocenters. The molecule has 0 radical (unpaired) electrons. The van der Waals surface area contributed by atoms with Gasteiger partial charge in [-0.25, -0.2) is 9.07 Å². The van der Waals surface area contributed by atoms with Crippen molar-refractivity contribution in [1.82, 2.24) is 9.78 Å². The zero-order valence-corrected chi connectivity index (χ0v) is 15.7. The molecule has 0 fully saturated rings. The molecule has 0 saturated heterocycles. The molecule has 1 aliphatic rings. The van der Waals surface area contributed by atoms with Crippen LogP contribution in [0.1, 0.15) is 29.2 Å². The van der Waals surface area contributed by atoms with Gasteiger partial charge < -0.3 is 15.8 Å². The van der Waals surface area contributed by atoms with Crippen molar-refractivity contribution in [2.24, 2.45) is 5.73 Å². The van der Waals surface area contributed by atoms with Gasteiger partial charge in [0, 0.05) is 17.9 Å². The summed E-state index contributed by atoms with van der Waals surface area (Å²) in [6.07, 6.45) is 0.282. The van der Waals surface area contributed by atoms with Crippen molar-refractivity contribution in [2.75, 3.05) is 11.9 Å². The van der Waals surface area contributed by atoms with Gasteiger partial charge in [0.1, 0.15) is 17.4 Å². The lowest BCUT2D eigenvalue weighted by Gasteiger charge is -2.24. The number of ether oxygens (including phenoxy) is 1. The first-order valence-corrected chi connectivity index (χ1v) is 9.08. The Hall–Kier alpha value is -3.68. The van der Waals surface area contributed by atoms with Crippen LogP contribution in [0.5, 0.6) is 5.75 Å². The van der Waals surface area contributed by atoms with E-state index in [-0.39, 0.29) is 30.7 Å². The Bertz CT molecular complexity index is 1070. The SMILES string of the molecule is Cc1nn(-c2ccc(F)cc2)c2c1[C@@H](c1ccc(OCC(N)=O)cc1)CC(=O)N2. The van der Waals surface area contributed by atoms with Crippen molar-refractivity contribution < 1.29 is 18.7 Å². The summed E-state index contributed by atoms with van der Waals surface area (Å²) in [5.41, 5.74) is 8.37. The maximum Gasteiger partial charge on any atom is 0.255 e. The molecule has 7 nitrogen and oxygen atoms in total. The average Bonchev–Trinajstić information content (AvgIpc) is 3.03. The van der Waals surface area contributed by atoms with E-state index in [9.17, 15) is 14.0 Å². The van der Waals surface area contributed by atoms with Gasteiger partial charge in [0.15, 0.2) is 6.61 Å². The molecule has 2 heterocycles. The molecular formula is C21H19FN4O3. The number of carbonyl (C=O) groups excluding carboxylic acids is 2. The Labute approximate surface area is 166 Å². The van der Waals surface area contributed by atoms with E-state index in [2.05, 4.69) is 10.4 Å². The normalized spacial score (nSPS) is 15.5. The number of primary amides is 1. The lowest BCUT2D eigenvalue weighted by Crippen LogP contribution is -2.25. The number of hydrogen-bond donors (Lipinski definition) is 2. The number of nitrogens with two attached hydrogens (primary N) is 1. The molecule has 4 rings (SSSR count). The van der Waals surface area contributed by atoms with Crippen LogP contribution in [-0.4, -0.2) is 28.2 Å². The van der Waals surface area contributed by atoms with Gasteiger partial charge in [-0.15, -0.1) is 0 Å². The fourth-order valence-corrected chi connectivity index (χ4v) is 3.55. The monoisotopic (exact) mass is 394 g/mol. The van der Waals surface area contributed by atoms with Crippen LogP contribution in [0.4, 0.5) is 10.2 Å². The molecule has 29 heavy (non-hydrogen) atoms. The van der Waals surface area contributed by atoms with E-state index in [1.54, 1.807) is 28.9 Å². The predicted molar refractivity (Wildman–Crippen MR) is 104 cm³/mol. The number of carbonyl (C=O) groups is 2. The molecule has 0 saturated carbocycles. The van der Waals surface area contributed by atoms with Crippen molar-refractivity contribution >= 4 is 17.6 Å². The van der Waals surface area contributed by atoms with E-state index in [0.29, 0.717) is 17.3 Å². The predicted octanol–water partition coefficient (Wildman–Crippen LogP) is 2.66. The molecular weight excluding hydrogens is 375 g/mol. The van der Waals surface area contributed by atoms with Crippen LogP contribution < -0.4 is 15.8 Å². The second kappa shape index (κ2) is 7.38. The second-order valence-electron chi connectivity index (χ2n) is 6.86. The summed E-state index contributed by atoms with van der Waals surface area (Å²) in [5, 5.41) is 7.47. The summed E-state index contributed by atoms with van der Waals surface area (Å²) in [6, 6.07) is 13.1. The molecule has 8 heteroatoms. The molecule has 0 spiro atoms. The lowest BCUT2D eigenvalue weighted by molar-refractivity contribution is -0.120. The molecule has 0 bridgehead atoms. The summed E-state index contributed by atoms with van der Waals surface area (Å²) in [4.78, 5) is 23.3. The van der Waals surface area contributed by atoms with Crippen molar-refractivity contribution in [3.8, 4) is 11.4 Å². The van der Waals surface area contributed by atoms with Gasteiger partial charge in [-0.1, -0.05) is 12.1 Å². The number of hydrogen-bond acceptors (Lipinski definition) is 4. The molecule has 0 aliphatic carbocycles. The fraction of sp³-hybridized carbons (Fsp3) is 0.190. The highest BCUT2D eigenvalue weighted by molar-refractivity contribution is 5.95. The molecule has 1 aromatic heterocycles. The third-order valence-corrected chi connectivity index (χ3v) is 4.84. The van der Waals surface area contributed by atoms with Crippen LogP contribution in [0.25, 0.3) is 5.69 Å². The van der Waals surface area contributed by atoms with Crippen LogP contribution in [0.3, 0.4) is 0 Å². The quantitative estimate of drug-likeness (QED) is 0.695. The summed E-state index contributed by atoms with van der Waals surface area (Å²) in [6.45, 7) is 1.69. The van der Waals surface area contributed by atoms with Crippen molar-refractivity contribution in [3.63, 3.8) is 0 Å². The third-order valence-electron chi connectivity index (χ3n) is 4.84. The zero-order chi connectivity index (χ0) is 20.5. The minimum Gasteiger partial charge on any atom is -0.484 e. The number of nitrogens with one attached hydrogen (secondary N) is 1. The van der Waals surface area contributed by atoms with Gasteiger partial charge in [-0.3, -0.25) is 9.59 Å². The van der Waals surface area contributed by atoms with Gasteiger partial charge in [-0.05, 0) is 48.9 Å². The van der Waals surface area contributed by atoms with Gasteiger partial charge in [0.2, 0.25) is 5.91 Å². The summed E-state index contributed by atoms with van der Waals surface area (Å²) in [7, 11) is 0. The van der Waals surface area contributed by atoms with E-state index in [1.165, 1.54) is 12.1 Å². The first-order chi connectivity index (χ1) is 13.9. The number of fused-ring (bicyclic) bond motifs is 1. The van der Waals surface area contributed by atoms with E-state index in [4.69, 9.17) is 10.5 Å². The molecule has 0 unspecified atom stereocenters. The first-order valence-electron chi connectivity index (χ1n) is 9.08. The second-order valence-corrected chi connectivity index (χ2v) is 6.86. The topological polar surface area (TPSA) is 99.2 Å². The van der Waals surface area contributed by atoms with Gasteiger partial charge in [0.05, 0.1) is 11.4 Å². The van der Waals surface area contributed by atoms with Gasteiger partial charge >= 0.3 is 0 Å². The molecule has 148 valence electrons. The van der Waals surface area contributed by atoms with Crippen molar-refractivity contribution in [2.45, 2.75) is 19.3 Å². The van der Waals surface area contributed by atoms with Crippen LogP contribution in [0.2, 0.25) is 0 Å². The summed E-state index contributed by atoms with van der Waals surface area (Å²) < 4.78 is 20.2. The minimum atomic E-state index is -0.550. The van der Waals surface area contributed by atoms with E-state index in [0.717, 1.165) is 16.8 Å². The Morgan fingerprint density at radius 2 is 1.93 bits per heavy atom. The maximum absolute atomic E-state index is 13.3. The smallest absolute Gasteiger partial charge is 0.255 e. The molecule has 1 aliphatic heterocycles. The lowest BCUT2D eigenvalue weighted by atomic mass is 9.86. The summed E-state index contributed by atoms with van der Waals surface area (Å²) in [5.74, 6) is -0.0901. The Balaban J connectivity index is 1.70. The number of anilines is 1. The zero-order valence-electron chi connectivity index (χ0n) is 15.7. The number of rotatable bonds is 5. The molecule has 3 aromatic rings. The van der Waals surface area contributed by atoms with Gasteiger partial charge in [0.25, 0.3) is 5.91 Å². The minimum absolute atomic E-state index is 0.125. The van der Waals surface area contributed by atoms with E-state index in [1.807, 2.05) is 19.1 Å². The highest BCUT2D eigenvalue weighted by Gasteiger charge is 2.32. The fourth-order valence-electron chi connectivity index (χ4n) is 3.55. The first kappa shape index (κ1) is 18.7. The van der Waals surface area contributed by atoms with Crippen LogP contribution in [-0.2, 0) is 9.59 Å². The highest BCUT2D eigenvalue weighted by atomic mass is 19.1. The van der Waals surface area contributed by atoms with Crippen LogP contribution in [0, 0.1) is 12.7 Å². The average molecular weight is 394 g/mol. The Kier molecular flexibility index (Phi) is 4.75. The maximum atomic E-state index is 13.3. The van der Waals surface area contributed by atoms with E-state index < -0.39 is 5.91 Å². The largest absolute Gasteiger partial charge is 0.484 e. The third kappa shape index (κ3) is 3.69. The van der Waals surface area contributed by atoms with Gasteiger partial charge in [-0.2, -0.15) is 5.10 Å². The summed E-state index contributed by atoms with van der Waals surface area (Å²) >= 11 is 0. The number of aromatic nitrogens is 2. The van der Waals surface area contributed by atoms with Crippen molar-refractivity contribution in [1.29, 1.82) is 0 Å².